The van der Waals surface area contributed by atoms with Gasteiger partial charge in [0.05, 0.1) is 11.3 Å². The van der Waals surface area contributed by atoms with Crippen LogP contribution in [0.25, 0.3) is 0 Å². The molecule has 1 rings (SSSR count). The van der Waals surface area contributed by atoms with Gasteiger partial charge in [-0.05, 0) is 24.6 Å². The molecule has 1 aromatic carbocycles. The Morgan fingerprint density at radius 2 is 2.33 bits per heavy atom. The van der Waals surface area contributed by atoms with E-state index in [4.69, 9.17) is 16.9 Å². The Kier molecular flexibility index (Phi) is 4.14. The Balaban J connectivity index is 2.88. The number of halogens is 1. The van der Waals surface area contributed by atoms with Crippen molar-refractivity contribution in [3.8, 4) is 6.07 Å². The maximum atomic E-state index is 11.3. The van der Waals surface area contributed by atoms with Crippen LogP contribution in [0.5, 0.6) is 0 Å². The van der Waals surface area contributed by atoms with E-state index in [9.17, 15) is 4.79 Å². The van der Waals surface area contributed by atoms with E-state index in [0.29, 0.717) is 22.7 Å². The monoisotopic (exact) mass is 222 g/mol. The van der Waals surface area contributed by atoms with Crippen LogP contribution in [0, 0.1) is 11.3 Å². The first-order chi connectivity index (χ1) is 7.17. The average Bonchev–Trinajstić information content (AvgIpc) is 2.18. The topological polar surface area (TPSA) is 52.9 Å². The van der Waals surface area contributed by atoms with Gasteiger partial charge >= 0.3 is 0 Å². The molecule has 0 fully saturated rings. The lowest BCUT2D eigenvalue weighted by molar-refractivity contribution is -0.116. The van der Waals surface area contributed by atoms with E-state index in [2.05, 4.69) is 5.32 Å². The van der Waals surface area contributed by atoms with Crippen LogP contribution in [0.1, 0.15) is 25.3 Å². The highest BCUT2D eigenvalue weighted by Gasteiger charge is 2.06. The molecule has 0 unspecified atom stereocenters. The molecule has 0 atom stereocenters. The van der Waals surface area contributed by atoms with Crippen LogP contribution >= 0.6 is 11.6 Å². The molecule has 0 radical (unpaired) electrons. The molecule has 15 heavy (non-hydrogen) atoms. The number of benzene rings is 1. The zero-order chi connectivity index (χ0) is 11.3. The van der Waals surface area contributed by atoms with Crippen molar-refractivity contribution < 1.29 is 4.79 Å². The van der Waals surface area contributed by atoms with Gasteiger partial charge in [-0.1, -0.05) is 18.5 Å². The molecule has 0 saturated heterocycles. The van der Waals surface area contributed by atoms with Crippen molar-refractivity contribution in [2.24, 2.45) is 0 Å². The van der Waals surface area contributed by atoms with Crippen molar-refractivity contribution in [2.45, 2.75) is 19.8 Å². The highest BCUT2D eigenvalue weighted by atomic mass is 35.5. The first-order valence-electron chi connectivity index (χ1n) is 4.67. The predicted molar refractivity (Wildman–Crippen MR) is 59.7 cm³/mol. The Morgan fingerprint density at radius 3 is 2.93 bits per heavy atom. The van der Waals surface area contributed by atoms with E-state index in [1.165, 1.54) is 0 Å². The van der Waals surface area contributed by atoms with Crippen molar-refractivity contribution >= 4 is 23.2 Å². The fourth-order valence-electron chi connectivity index (χ4n) is 1.16. The van der Waals surface area contributed by atoms with Crippen molar-refractivity contribution in [1.29, 1.82) is 5.26 Å². The highest BCUT2D eigenvalue weighted by Crippen LogP contribution is 2.20. The minimum absolute atomic E-state index is 0.101. The number of nitriles is 1. The van der Waals surface area contributed by atoms with Crippen molar-refractivity contribution in [3.63, 3.8) is 0 Å². The lowest BCUT2D eigenvalue weighted by Gasteiger charge is -2.06. The van der Waals surface area contributed by atoms with Crippen molar-refractivity contribution in [3.05, 3.63) is 28.8 Å². The molecule has 0 aromatic heterocycles. The van der Waals surface area contributed by atoms with Crippen molar-refractivity contribution in [1.82, 2.24) is 0 Å². The summed E-state index contributed by atoms with van der Waals surface area (Å²) in [6, 6.07) is 6.78. The molecule has 78 valence electrons. The van der Waals surface area contributed by atoms with Gasteiger partial charge in [-0.3, -0.25) is 4.79 Å². The van der Waals surface area contributed by atoms with Crippen LogP contribution in [0.2, 0.25) is 5.02 Å². The van der Waals surface area contributed by atoms with Gasteiger partial charge in [0, 0.05) is 11.4 Å². The fraction of sp³-hybridized carbons (Fsp3) is 0.273. The second-order valence-electron chi connectivity index (χ2n) is 3.10. The maximum Gasteiger partial charge on any atom is 0.224 e. The molecule has 0 aliphatic carbocycles. The molecule has 0 aliphatic heterocycles. The van der Waals surface area contributed by atoms with E-state index >= 15 is 0 Å². The molecule has 1 aromatic rings. The highest BCUT2D eigenvalue weighted by molar-refractivity contribution is 6.31. The third-order valence-electron chi connectivity index (χ3n) is 1.85. The largest absolute Gasteiger partial charge is 0.325 e. The molecule has 0 saturated carbocycles. The Bertz CT molecular complexity index is 410. The van der Waals surface area contributed by atoms with Crippen LogP contribution < -0.4 is 5.32 Å². The van der Waals surface area contributed by atoms with E-state index in [1.54, 1.807) is 18.2 Å². The van der Waals surface area contributed by atoms with Gasteiger partial charge < -0.3 is 5.32 Å². The second kappa shape index (κ2) is 5.38. The van der Waals surface area contributed by atoms with Gasteiger partial charge in [-0.25, -0.2) is 0 Å². The predicted octanol–water partition coefficient (Wildman–Crippen LogP) is 2.95. The average molecular weight is 223 g/mol. The molecule has 0 aliphatic rings. The number of amides is 1. The standard InChI is InChI=1S/C11H11ClN2O/c1-2-3-11(15)14-10-6-9(12)5-4-8(10)7-13/h4-6H,2-3H2,1H3,(H,14,15). The number of anilines is 1. The number of carbonyl (C=O) groups is 1. The molecule has 0 heterocycles. The zero-order valence-corrected chi connectivity index (χ0v) is 9.14. The van der Waals surface area contributed by atoms with Gasteiger partial charge in [-0.15, -0.1) is 0 Å². The molecule has 3 nitrogen and oxygen atoms in total. The van der Waals surface area contributed by atoms with Crippen LogP contribution in [0.3, 0.4) is 0 Å². The Hall–Kier alpha value is -1.53. The Labute approximate surface area is 93.7 Å². The van der Waals surface area contributed by atoms with Gasteiger partial charge in [0.25, 0.3) is 0 Å². The van der Waals surface area contributed by atoms with Gasteiger partial charge in [0.15, 0.2) is 0 Å². The second-order valence-corrected chi connectivity index (χ2v) is 3.54. The number of nitrogens with zero attached hydrogens (tertiary/aromatic N) is 1. The molecule has 1 N–H and O–H groups in total. The van der Waals surface area contributed by atoms with Crippen LogP contribution in [0.4, 0.5) is 5.69 Å². The van der Waals surface area contributed by atoms with E-state index < -0.39 is 0 Å². The summed E-state index contributed by atoms with van der Waals surface area (Å²) >= 11 is 5.77. The van der Waals surface area contributed by atoms with Crippen LogP contribution in [0.15, 0.2) is 18.2 Å². The van der Waals surface area contributed by atoms with E-state index in [-0.39, 0.29) is 5.91 Å². The number of hydrogen-bond acceptors (Lipinski definition) is 2. The third-order valence-corrected chi connectivity index (χ3v) is 2.09. The summed E-state index contributed by atoms with van der Waals surface area (Å²) in [6.45, 7) is 1.92. The van der Waals surface area contributed by atoms with Gasteiger partial charge in [0.1, 0.15) is 6.07 Å². The lowest BCUT2D eigenvalue weighted by Crippen LogP contribution is -2.11. The summed E-state index contributed by atoms with van der Waals surface area (Å²) < 4.78 is 0. The number of hydrogen-bond donors (Lipinski definition) is 1. The molecule has 1 amide bonds. The zero-order valence-electron chi connectivity index (χ0n) is 8.38. The number of rotatable bonds is 3. The van der Waals surface area contributed by atoms with Crippen LogP contribution in [-0.2, 0) is 4.79 Å². The fourth-order valence-corrected chi connectivity index (χ4v) is 1.33. The maximum absolute atomic E-state index is 11.3. The minimum Gasteiger partial charge on any atom is -0.325 e. The molecule has 0 bridgehead atoms. The third kappa shape index (κ3) is 3.26. The van der Waals surface area contributed by atoms with E-state index in [1.807, 2.05) is 13.0 Å². The molecular weight excluding hydrogens is 212 g/mol. The number of carbonyl (C=O) groups excluding carboxylic acids is 1. The number of nitrogens with one attached hydrogen (secondary N) is 1. The normalized spacial score (nSPS) is 9.40. The van der Waals surface area contributed by atoms with Crippen LogP contribution in [-0.4, -0.2) is 5.91 Å². The summed E-state index contributed by atoms with van der Waals surface area (Å²) in [5, 5.41) is 12.0. The van der Waals surface area contributed by atoms with Gasteiger partial charge in [0.2, 0.25) is 5.91 Å². The van der Waals surface area contributed by atoms with Gasteiger partial charge in [-0.2, -0.15) is 5.26 Å². The molecule has 0 spiro atoms. The SMILES string of the molecule is CCCC(=O)Nc1cc(Cl)ccc1C#N. The first-order valence-corrected chi connectivity index (χ1v) is 5.04. The summed E-state index contributed by atoms with van der Waals surface area (Å²) in [5.41, 5.74) is 0.896. The minimum atomic E-state index is -0.101. The first kappa shape index (κ1) is 11.5. The molecular formula is C11H11ClN2O. The van der Waals surface area contributed by atoms with E-state index in [0.717, 1.165) is 6.42 Å². The quantitative estimate of drug-likeness (QED) is 0.855. The Morgan fingerprint density at radius 1 is 1.60 bits per heavy atom. The summed E-state index contributed by atoms with van der Waals surface area (Å²) in [6.07, 6.45) is 1.21. The smallest absolute Gasteiger partial charge is 0.224 e. The summed E-state index contributed by atoms with van der Waals surface area (Å²) in [4.78, 5) is 11.3. The molecule has 4 heteroatoms. The van der Waals surface area contributed by atoms with Crippen molar-refractivity contribution in [2.75, 3.05) is 5.32 Å². The summed E-state index contributed by atoms with van der Waals surface area (Å²) in [7, 11) is 0. The summed E-state index contributed by atoms with van der Waals surface area (Å²) in [5.74, 6) is -0.101. The lowest BCUT2D eigenvalue weighted by atomic mass is 10.2.